The average Bonchev–Trinajstić information content (AvgIpc) is 2.81. The third-order valence-corrected chi connectivity index (χ3v) is 3.82. The molecule has 2 rings (SSSR count). The summed E-state index contributed by atoms with van der Waals surface area (Å²) in [5.41, 5.74) is 2.35. The number of benzene rings is 1. The van der Waals surface area contributed by atoms with E-state index in [4.69, 9.17) is 0 Å². The van der Waals surface area contributed by atoms with Gasteiger partial charge in [0.05, 0.1) is 0 Å². The van der Waals surface area contributed by atoms with Crippen LogP contribution in [0.25, 0.3) is 5.57 Å². The molecular formula is C16H19F2NO. The number of hydrogen-bond acceptors (Lipinski definition) is 2. The monoisotopic (exact) mass is 279 g/mol. The molecule has 0 aromatic heterocycles. The fraction of sp³-hybridized carbons (Fsp3) is 0.500. The van der Waals surface area contributed by atoms with Gasteiger partial charge in [-0.25, -0.2) is 8.78 Å². The number of nitrogens with zero attached hydrogens (tertiary/aromatic N) is 1. The third kappa shape index (κ3) is 3.30. The Hall–Kier alpha value is -1.58. The van der Waals surface area contributed by atoms with Crippen molar-refractivity contribution in [3.8, 4) is 0 Å². The quantitative estimate of drug-likeness (QED) is 0.518. The van der Waals surface area contributed by atoms with Crippen LogP contribution in [0.2, 0.25) is 0 Å². The standard InChI is InChI=1S/C16H19F2NO/c1-2-3-4-5-11-6-7-15(19-20)16(11)12-8-13(17)10-14(18)9-12/h8-10,15H,2-7H2,1H3. The lowest BCUT2D eigenvalue weighted by atomic mass is 9.96. The first-order valence-electron chi connectivity index (χ1n) is 7.16. The van der Waals surface area contributed by atoms with Crippen molar-refractivity contribution >= 4 is 5.57 Å². The molecule has 0 amide bonds. The van der Waals surface area contributed by atoms with Gasteiger partial charge in [0.15, 0.2) is 0 Å². The van der Waals surface area contributed by atoms with Gasteiger partial charge >= 0.3 is 0 Å². The summed E-state index contributed by atoms with van der Waals surface area (Å²) in [7, 11) is 0. The molecule has 0 heterocycles. The Bertz CT molecular complexity index is 505. The van der Waals surface area contributed by atoms with Gasteiger partial charge in [0, 0.05) is 6.07 Å². The van der Waals surface area contributed by atoms with Gasteiger partial charge < -0.3 is 0 Å². The van der Waals surface area contributed by atoms with Crippen LogP contribution in [0.3, 0.4) is 0 Å². The smallest absolute Gasteiger partial charge is 0.126 e. The second-order valence-corrected chi connectivity index (χ2v) is 5.29. The molecule has 0 saturated carbocycles. The number of allylic oxidation sites excluding steroid dienone is 1. The molecule has 1 aromatic rings. The van der Waals surface area contributed by atoms with E-state index in [-0.39, 0.29) is 0 Å². The molecule has 1 unspecified atom stereocenters. The molecule has 20 heavy (non-hydrogen) atoms. The van der Waals surface area contributed by atoms with Crippen LogP contribution in [0.15, 0.2) is 28.9 Å². The Kier molecular flexibility index (Phi) is 4.99. The lowest BCUT2D eigenvalue weighted by Crippen LogP contribution is -2.02. The molecule has 0 bridgehead atoms. The first kappa shape index (κ1) is 14.8. The molecule has 0 fully saturated rings. The van der Waals surface area contributed by atoms with Crippen LogP contribution in [-0.4, -0.2) is 6.04 Å². The van der Waals surface area contributed by atoms with Crippen LogP contribution < -0.4 is 0 Å². The minimum Gasteiger partial charge on any atom is -0.207 e. The van der Waals surface area contributed by atoms with Gasteiger partial charge in [0.1, 0.15) is 17.7 Å². The Morgan fingerprint density at radius 1 is 1.20 bits per heavy atom. The Morgan fingerprint density at radius 2 is 1.90 bits per heavy atom. The summed E-state index contributed by atoms with van der Waals surface area (Å²) in [6, 6.07) is 2.97. The lowest BCUT2D eigenvalue weighted by molar-refractivity contribution is 0.582. The maximum atomic E-state index is 13.4. The van der Waals surface area contributed by atoms with Crippen molar-refractivity contribution in [3.05, 3.63) is 45.9 Å². The zero-order valence-electron chi connectivity index (χ0n) is 11.7. The van der Waals surface area contributed by atoms with Gasteiger partial charge in [-0.3, -0.25) is 0 Å². The van der Waals surface area contributed by atoms with Crippen LogP contribution in [-0.2, 0) is 0 Å². The Labute approximate surface area is 117 Å². The zero-order chi connectivity index (χ0) is 14.5. The van der Waals surface area contributed by atoms with Crippen molar-refractivity contribution in [3.63, 3.8) is 0 Å². The molecule has 0 N–H and O–H groups in total. The summed E-state index contributed by atoms with van der Waals surface area (Å²) in [5, 5.41) is 3.13. The SMILES string of the molecule is CCCCCC1=C(c2cc(F)cc(F)c2)C(N=O)CC1. The largest absolute Gasteiger partial charge is 0.207 e. The van der Waals surface area contributed by atoms with E-state index in [0.29, 0.717) is 12.0 Å². The maximum absolute atomic E-state index is 13.4. The minimum atomic E-state index is -0.614. The molecule has 4 heteroatoms. The molecule has 108 valence electrons. The van der Waals surface area contributed by atoms with Crippen LogP contribution in [0, 0.1) is 16.5 Å². The van der Waals surface area contributed by atoms with Gasteiger partial charge in [-0.05, 0) is 49.0 Å². The Morgan fingerprint density at radius 3 is 2.50 bits per heavy atom. The van der Waals surface area contributed by atoms with E-state index in [1.807, 2.05) is 0 Å². The summed E-state index contributed by atoms with van der Waals surface area (Å²) in [4.78, 5) is 11.0. The van der Waals surface area contributed by atoms with Gasteiger partial charge in [0.2, 0.25) is 0 Å². The normalized spacial score (nSPS) is 18.6. The summed E-state index contributed by atoms with van der Waals surface area (Å²) >= 11 is 0. The van der Waals surface area contributed by atoms with Crippen molar-refractivity contribution in [1.82, 2.24) is 0 Å². The number of nitroso groups, excluding NO2 is 1. The van der Waals surface area contributed by atoms with Crippen LogP contribution in [0.1, 0.15) is 51.0 Å². The van der Waals surface area contributed by atoms with Crippen molar-refractivity contribution in [1.29, 1.82) is 0 Å². The highest BCUT2D eigenvalue weighted by atomic mass is 19.1. The summed E-state index contributed by atoms with van der Waals surface area (Å²) in [5.74, 6) is -1.23. The third-order valence-electron chi connectivity index (χ3n) is 3.82. The summed E-state index contributed by atoms with van der Waals surface area (Å²) in [6.07, 6.45) is 5.61. The molecule has 2 nitrogen and oxygen atoms in total. The number of hydrogen-bond donors (Lipinski definition) is 0. The fourth-order valence-electron chi connectivity index (χ4n) is 2.88. The first-order chi connectivity index (χ1) is 9.65. The average molecular weight is 279 g/mol. The lowest BCUT2D eigenvalue weighted by Gasteiger charge is -2.11. The van der Waals surface area contributed by atoms with Crippen molar-refractivity contribution < 1.29 is 8.78 Å². The molecule has 1 aliphatic carbocycles. The second kappa shape index (κ2) is 6.73. The molecule has 1 aliphatic rings. The molecule has 0 saturated heterocycles. The van der Waals surface area contributed by atoms with Gasteiger partial charge in [-0.15, -0.1) is 0 Å². The number of halogens is 2. The van der Waals surface area contributed by atoms with Crippen molar-refractivity contribution in [2.75, 3.05) is 0 Å². The maximum Gasteiger partial charge on any atom is 0.126 e. The predicted molar refractivity (Wildman–Crippen MR) is 76.2 cm³/mol. The zero-order valence-corrected chi connectivity index (χ0v) is 11.7. The van der Waals surface area contributed by atoms with Gasteiger partial charge in [0.25, 0.3) is 0 Å². The molecule has 0 radical (unpaired) electrons. The van der Waals surface area contributed by atoms with E-state index in [2.05, 4.69) is 12.1 Å². The molecule has 0 spiro atoms. The minimum absolute atomic E-state index is 0.465. The van der Waals surface area contributed by atoms with E-state index in [1.54, 1.807) is 0 Å². The highest BCUT2D eigenvalue weighted by Crippen LogP contribution is 2.39. The van der Waals surface area contributed by atoms with Crippen LogP contribution in [0.5, 0.6) is 0 Å². The van der Waals surface area contributed by atoms with Crippen molar-refractivity contribution in [2.24, 2.45) is 5.18 Å². The van der Waals surface area contributed by atoms with Crippen molar-refractivity contribution in [2.45, 2.75) is 51.5 Å². The number of unbranched alkanes of at least 4 members (excludes halogenated alkanes) is 2. The van der Waals surface area contributed by atoms with Crippen LogP contribution >= 0.6 is 0 Å². The van der Waals surface area contributed by atoms with Crippen LogP contribution in [0.4, 0.5) is 8.78 Å². The number of rotatable bonds is 6. The molecule has 1 atom stereocenters. The highest BCUT2D eigenvalue weighted by molar-refractivity contribution is 5.75. The van der Waals surface area contributed by atoms with E-state index >= 15 is 0 Å². The van der Waals surface area contributed by atoms with E-state index in [0.717, 1.165) is 49.3 Å². The molecule has 1 aromatic carbocycles. The topological polar surface area (TPSA) is 29.4 Å². The van der Waals surface area contributed by atoms with E-state index in [9.17, 15) is 13.7 Å². The summed E-state index contributed by atoms with van der Waals surface area (Å²) < 4.78 is 26.7. The second-order valence-electron chi connectivity index (χ2n) is 5.29. The highest BCUT2D eigenvalue weighted by Gasteiger charge is 2.27. The Balaban J connectivity index is 2.34. The summed E-state index contributed by atoms with van der Waals surface area (Å²) in [6.45, 7) is 2.13. The van der Waals surface area contributed by atoms with E-state index < -0.39 is 17.7 Å². The van der Waals surface area contributed by atoms with E-state index in [1.165, 1.54) is 12.1 Å². The predicted octanol–water partition coefficient (Wildman–Crippen LogP) is 5.23. The molecule has 0 aliphatic heterocycles. The first-order valence-corrected chi connectivity index (χ1v) is 7.16. The fourth-order valence-corrected chi connectivity index (χ4v) is 2.88. The van der Waals surface area contributed by atoms with Gasteiger partial charge in [-0.2, -0.15) is 4.91 Å². The van der Waals surface area contributed by atoms with Gasteiger partial charge in [-0.1, -0.05) is 30.5 Å². The molecular weight excluding hydrogens is 260 g/mol.